The predicted octanol–water partition coefficient (Wildman–Crippen LogP) is 4.40. The van der Waals surface area contributed by atoms with Crippen molar-refractivity contribution < 1.29 is 14.2 Å². The van der Waals surface area contributed by atoms with Gasteiger partial charge in [-0.2, -0.15) is 0 Å². The highest BCUT2D eigenvalue weighted by atomic mass is 16.9. The van der Waals surface area contributed by atoms with Gasteiger partial charge in [0.2, 0.25) is 0 Å². The van der Waals surface area contributed by atoms with Crippen molar-refractivity contribution in [2.75, 3.05) is 13.2 Å². The Hall–Kier alpha value is -0.120. The van der Waals surface area contributed by atoms with Crippen molar-refractivity contribution >= 4 is 0 Å². The Labute approximate surface area is 128 Å². The van der Waals surface area contributed by atoms with E-state index in [1.165, 1.54) is 64.2 Å². The molecule has 4 fully saturated rings. The van der Waals surface area contributed by atoms with Crippen LogP contribution in [0, 0.1) is 11.8 Å². The molecule has 0 amide bonds. The predicted molar refractivity (Wildman–Crippen MR) is 80.8 cm³/mol. The first-order valence-corrected chi connectivity index (χ1v) is 9.26. The molecule has 0 aromatic heterocycles. The third kappa shape index (κ3) is 3.62. The minimum absolute atomic E-state index is 0.271. The van der Waals surface area contributed by atoms with Crippen LogP contribution in [0.4, 0.5) is 0 Å². The lowest BCUT2D eigenvalue weighted by Gasteiger charge is -2.29. The van der Waals surface area contributed by atoms with Crippen LogP contribution in [0.5, 0.6) is 0 Å². The molecule has 2 atom stereocenters. The van der Waals surface area contributed by atoms with Gasteiger partial charge in [0.1, 0.15) is 13.2 Å². The quantitative estimate of drug-likeness (QED) is 0.681. The van der Waals surface area contributed by atoms with Gasteiger partial charge in [-0.15, -0.1) is 0 Å². The molecule has 4 aliphatic rings. The summed E-state index contributed by atoms with van der Waals surface area (Å²) in [5, 5.41) is 0. The minimum Gasteiger partial charge on any atom is -0.342 e. The van der Waals surface area contributed by atoms with Crippen LogP contribution >= 0.6 is 0 Å². The number of ether oxygens (including phenoxy) is 3. The fourth-order valence-electron chi connectivity index (χ4n) is 4.60. The van der Waals surface area contributed by atoms with Crippen molar-refractivity contribution in [3.63, 3.8) is 0 Å². The first-order chi connectivity index (χ1) is 10.3. The third-order valence-electron chi connectivity index (χ3n) is 5.95. The molecule has 2 aliphatic heterocycles. The molecule has 0 spiro atoms. The smallest absolute Gasteiger partial charge is 0.195 e. The van der Waals surface area contributed by atoms with Crippen molar-refractivity contribution in [2.24, 2.45) is 11.8 Å². The van der Waals surface area contributed by atoms with Crippen molar-refractivity contribution in [2.45, 2.75) is 88.6 Å². The molecule has 4 rings (SSSR count). The molecule has 0 radical (unpaired) electrons. The SMILES string of the molecule is C1CCC(CC2(OC3(CC4CCCCC4)CO3)CO2)CC1. The van der Waals surface area contributed by atoms with Gasteiger partial charge in [-0.25, -0.2) is 0 Å². The second-order valence-corrected chi connectivity index (χ2v) is 7.92. The molecule has 0 N–H and O–H groups in total. The summed E-state index contributed by atoms with van der Waals surface area (Å²) >= 11 is 0. The Kier molecular flexibility index (Phi) is 4.01. The van der Waals surface area contributed by atoms with Crippen molar-refractivity contribution in [3.05, 3.63) is 0 Å². The van der Waals surface area contributed by atoms with Crippen molar-refractivity contribution in [3.8, 4) is 0 Å². The number of rotatable bonds is 6. The second kappa shape index (κ2) is 5.82. The molecule has 2 saturated heterocycles. The number of hydrogen-bond acceptors (Lipinski definition) is 3. The lowest BCUT2D eigenvalue weighted by Crippen LogP contribution is -2.32. The monoisotopic (exact) mass is 294 g/mol. The zero-order valence-electron chi connectivity index (χ0n) is 13.3. The third-order valence-corrected chi connectivity index (χ3v) is 5.95. The summed E-state index contributed by atoms with van der Waals surface area (Å²) in [4.78, 5) is 0. The van der Waals surface area contributed by atoms with Crippen LogP contribution in [0.25, 0.3) is 0 Å². The summed E-state index contributed by atoms with van der Waals surface area (Å²) in [5.74, 6) is 1.08. The Morgan fingerprint density at radius 3 is 1.38 bits per heavy atom. The maximum atomic E-state index is 6.41. The Balaban J connectivity index is 1.29. The zero-order chi connectivity index (χ0) is 14.2. The van der Waals surface area contributed by atoms with Crippen LogP contribution in [-0.2, 0) is 14.2 Å². The summed E-state index contributed by atoms with van der Waals surface area (Å²) < 4.78 is 17.9. The molecule has 3 nitrogen and oxygen atoms in total. The van der Waals surface area contributed by atoms with Crippen molar-refractivity contribution in [1.29, 1.82) is 0 Å². The van der Waals surface area contributed by atoms with Gasteiger partial charge in [-0.1, -0.05) is 64.2 Å². The van der Waals surface area contributed by atoms with E-state index in [-0.39, 0.29) is 11.6 Å². The second-order valence-electron chi connectivity index (χ2n) is 7.92. The van der Waals surface area contributed by atoms with E-state index < -0.39 is 0 Å². The van der Waals surface area contributed by atoms with E-state index in [1.54, 1.807) is 0 Å². The highest BCUT2D eigenvalue weighted by molar-refractivity contribution is 4.94. The van der Waals surface area contributed by atoms with Gasteiger partial charge in [0.15, 0.2) is 11.6 Å². The lowest BCUT2D eigenvalue weighted by atomic mass is 9.84. The average Bonchev–Trinajstić information content (AvgIpc) is 3.42. The molecule has 2 heterocycles. The molecular formula is C18H30O3. The fraction of sp³-hybridized carbons (Fsp3) is 1.00. The molecular weight excluding hydrogens is 264 g/mol. The topological polar surface area (TPSA) is 34.3 Å². The molecule has 2 saturated carbocycles. The fourth-order valence-corrected chi connectivity index (χ4v) is 4.60. The highest BCUT2D eigenvalue weighted by Gasteiger charge is 2.59. The van der Waals surface area contributed by atoms with Crippen LogP contribution in [0.2, 0.25) is 0 Å². The molecule has 2 unspecified atom stereocenters. The van der Waals surface area contributed by atoms with Crippen LogP contribution in [-0.4, -0.2) is 24.8 Å². The molecule has 0 bridgehead atoms. The van der Waals surface area contributed by atoms with Gasteiger partial charge in [-0.3, -0.25) is 0 Å². The Bertz CT molecular complexity index is 313. The van der Waals surface area contributed by atoms with Crippen LogP contribution < -0.4 is 0 Å². The van der Waals surface area contributed by atoms with E-state index in [0.717, 1.165) is 37.9 Å². The first kappa shape index (κ1) is 14.5. The van der Waals surface area contributed by atoms with Gasteiger partial charge in [-0.05, 0) is 11.8 Å². The summed E-state index contributed by atoms with van der Waals surface area (Å²) in [6.45, 7) is 1.58. The maximum Gasteiger partial charge on any atom is 0.195 e. The minimum atomic E-state index is -0.271. The summed E-state index contributed by atoms with van der Waals surface area (Å²) in [6, 6.07) is 0. The highest BCUT2D eigenvalue weighted by Crippen LogP contribution is 2.49. The lowest BCUT2D eigenvalue weighted by molar-refractivity contribution is -0.165. The van der Waals surface area contributed by atoms with Gasteiger partial charge < -0.3 is 14.2 Å². The van der Waals surface area contributed by atoms with Gasteiger partial charge >= 0.3 is 0 Å². The average molecular weight is 294 g/mol. The van der Waals surface area contributed by atoms with E-state index in [1.807, 2.05) is 0 Å². The zero-order valence-corrected chi connectivity index (χ0v) is 13.3. The van der Waals surface area contributed by atoms with E-state index in [4.69, 9.17) is 14.2 Å². The summed E-state index contributed by atoms with van der Waals surface area (Å²) in [7, 11) is 0. The van der Waals surface area contributed by atoms with Gasteiger partial charge in [0.25, 0.3) is 0 Å². The van der Waals surface area contributed by atoms with Crippen LogP contribution in [0.1, 0.15) is 77.0 Å². The summed E-state index contributed by atoms with van der Waals surface area (Å²) in [5.41, 5.74) is 0. The largest absolute Gasteiger partial charge is 0.342 e. The van der Waals surface area contributed by atoms with Crippen LogP contribution in [0.15, 0.2) is 0 Å². The molecule has 120 valence electrons. The van der Waals surface area contributed by atoms with E-state index in [9.17, 15) is 0 Å². The summed E-state index contributed by atoms with van der Waals surface area (Å²) in [6.07, 6.45) is 16.1. The molecule has 2 aliphatic carbocycles. The standard InChI is InChI=1S/C18H30O3/c1-3-7-15(8-4-1)11-17(13-19-17)21-18(14-20-18)12-16-9-5-2-6-10-16/h15-16H,1-14H2. The van der Waals surface area contributed by atoms with E-state index in [2.05, 4.69) is 0 Å². The molecule has 21 heavy (non-hydrogen) atoms. The van der Waals surface area contributed by atoms with E-state index in [0.29, 0.717) is 0 Å². The molecule has 0 aromatic carbocycles. The normalized spacial score (nSPS) is 41.1. The first-order valence-electron chi connectivity index (χ1n) is 9.26. The maximum absolute atomic E-state index is 6.41. The Morgan fingerprint density at radius 1 is 0.667 bits per heavy atom. The number of hydrogen-bond donors (Lipinski definition) is 0. The Morgan fingerprint density at radius 2 is 1.05 bits per heavy atom. The molecule has 3 heteroatoms. The molecule has 0 aromatic rings. The van der Waals surface area contributed by atoms with E-state index >= 15 is 0 Å². The van der Waals surface area contributed by atoms with Crippen molar-refractivity contribution in [1.82, 2.24) is 0 Å². The van der Waals surface area contributed by atoms with Crippen LogP contribution in [0.3, 0.4) is 0 Å². The number of epoxide rings is 2. The van der Waals surface area contributed by atoms with Gasteiger partial charge in [0.05, 0.1) is 0 Å². The van der Waals surface area contributed by atoms with Gasteiger partial charge in [0, 0.05) is 12.8 Å².